The van der Waals surface area contributed by atoms with Crippen LogP contribution in [0.3, 0.4) is 0 Å². The molecule has 2 aromatic heterocycles. The molecule has 0 radical (unpaired) electrons. The van der Waals surface area contributed by atoms with Crippen molar-refractivity contribution in [1.29, 1.82) is 0 Å². The van der Waals surface area contributed by atoms with Crippen LogP contribution >= 0.6 is 15.9 Å². The average molecular weight is 346 g/mol. The highest BCUT2D eigenvalue weighted by molar-refractivity contribution is 9.10. The minimum absolute atomic E-state index is 0.310. The molecule has 0 atom stereocenters. The van der Waals surface area contributed by atoms with Crippen molar-refractivity contribution in [1.82, 2.24) is 15.1 Å². The van der Waals surface area contributed by atoms with E-state index in [2.05, 4.69) is 31.1 Å². The second-order valence-electron chi connectivity index (χ2n) is 4.46. The van der Waals surface area contributed by atoms with Gasteiger partial charge in [-0.3, -0.25) is 0 Å². The van der Waals surface area contributed by atoms with E-state index < -0.39 is 0 Å². The van der Waals surface area contributed by atoms with E-state index >= 15 is 0 Å². The summed E-state index contributed by atoms with van der Waals surface area (Å²) < 4.78 is 11.4. The van der Waals surface area contributed by atoms with E-state index in [1.165, 1.54) is 7.11 Å². The Labute approximate surface area is 130 Å². The van der Waals surface area contributed by atoms with E-state index in [9.17, 15) is 0 Å². The third kappa shape index (κ3) is 2.80. The lowest BCUT2D eigenvalue weighted by atomic mass is 10.1. The molecule has 106 valence electrons. The summed E-state index contributed by atoms with van der Waals surface area (Å²) in [6, 6.07) is 10.0. The molecule has 0 unspecified atom stereocenters. The molecular formula is C15H12BrN3O2. The molecule has 0 aliphatic rings. The summed E-state index contributed by atoms with van der Waals surface area (Å²) in [6.45, 7) is 1.87. The summed E-state index contributed by atoms with van der Waals surface area (Å²) in [5.74, 6) is 0.630. The Balaban J connectivity index is 2.20. The SMILES string of the molecule is COc1ncc(-c2cc(C)no2)c(-c2cccc(Br)c2)n1. The summed E-state index contributed by atoms with van der Waals surface area (Å²) >= 11 is 3.47. The van der Waals surface area contributed by atoms with Crippen LogP contribution in [0.4, 0.5) is 0 Å². The fraction of sp³-hybridized carbons (Fsp3) is 0.133. The molecule has 0 aliphatic carbocycles. The molecule has 0 bridgehead atoms. The van der Waals surface area contributed by atoms with Crippen molar-refractivity contribution in [3.63, 3.8) is 0 Å². The molecule has 5 nitrogen and oxygen atoms in total. The van der Waals surface area contributed by atoms with Gasteiger partial charge in [0.1, 0.15) is 0 Å². The Kier molecular flexibility index (Phi) is 3.70. The molecule has 0 amide bonds. The van der Waals surface area contributed by atoms with E-state index in [-0.39, 0.29) is 0 Å². The molecule has 0 fully saturated rings. The molecule has 3 rings (SSSR count). The van der Waals surface area contributed by atoms with Crippen LogP contribution in [0.1, 0.15) is 5.69 Å². The highest BCUT2D eigenvalue weighted by atomic mass is 79.9. The smallest absolute Gasteiger partial charge is 0.316 e. The highest BCUT2D eigenvalue weighted by Crippen LogP contribution is 2.32. The lowest BCUT2D eigenvalue weighted by Crippen LogP contribution is -1.96. The van der Waals surface area contributed by atoms with Crippen molar-refractivity contribution in [3.8, 4) is 28.6 Å². The minimum Gasteiger partial charge on any atom is -0.467 e. The Morgan fingerprint density at radius 3 is 2.76 bits per heavy atom. The molecule has 0 saturated carbocycles. The third-order valence-electron chi connectivity index (χ3n) is 2.94. The van der Waals surface area contributed by atoms with Gasteiger partial charge in [-0.15, -0.1) is 0 Å². The number of rotatable bonds is 3. The molecular weight excluding hydrogens is 334 g/mol. The van der Waals surface area contributed by atoms with Crippen molar-refractivity contribution >= 4 is 15.9 Å². The number of hydrogen-bond donors (Lipinski definition) is 0. The van der Waals surface area contributed by atoms with Crippen molar-refractivity contribution in [3.05, 3.63) is 46.7 Å². The number of nitrogens with zero attached hydrogens (tertiary/aromatic N) is 3. The zero-order chi connectivity index (χ0) is 14.8. The third-order valence-corrected chi connectivity index (χ3v) is 3.43. The van der Waals surface area contributed by atoms with Gasteiger partial charge in [0.05, 0.1) is 24.1 Å². The maximum Gasteiger partial charge on any atom is 0.316 e. The van der Waals surface area contributed by atoms with Crippen LogP contribution in [0, 0.1) is 6.92 Å². The first-order chi connectivity index (χ1) is 10.2. The number of ether oxygens (including phenoxy) is 1. The predicted molar refractivity (Wildman–Crippen MR) is 82.0 cm³/mol. The van der Waals surface area contributed by atoms with Gasteiger partial charge >= 0.3 is 6.01 Å². The molecule has 1 aromatic carbocycles. The molecule has 0 aliphatic heterocycles. The second kappa shape index (κ2) is 5.65. The molecule has 0 N–H and O–H groups in total. The molecule has 0 spiro atoms. The predicted octanol–water partition coefficient (Wildman–Crippen LogP) is 3.88. The molecule has 2 heterocycles. The van der Waals surface area contributed by atoms with Gasteiger partial charge in [0.15, 0.2) is 5.76 Å². The zero-order valence-electron chi connectivity index (χ0n) is 11.5. The van der Waals surface area contributed by atoms with Gasteiger partial charge in [-0.05, 0) is 19.1 Å². The van der Waals surface area contributed by atoms with Crippen LogP contribution in [0.5, 0.6) is 6.01 Å². The Morgan fingerprint density at radius 2 is 2.10 bits per heavy atom. The van der Waals surface area contributed by atoms with Gasteiger partial charge in [-0.1, -0.05) is 33.2 Å². The maximum absolute atomic E-state index is 5.33. The van der Waals surface area contributed by atoms with Crippen LogP contribution in [0.2, 0.25) is 0 Å². The van der Waals surface area contributed by atoms with Gasteiger partial charge < -0.3 is 9.26 Å². The lowest BCUT2D eigenvalue weighted by Gasteiger charge is -2.08. The maximum atomic E-state index is 5.33. The van der Waals surface area contributed by atoms with Gasteiger partial charge in [-0.2, -0.15) is 4.98 Å². The number of halogens is 1. The summed E-state index contributed by atoms with van der Waals surface area (Å²) in [4.78, 5) is 8.60. The van der Waals surface area contributed by atoms with Crippen LogP contribution in [0.15, 0.2) is 45.5 Å². The topological polar surface area (TPSA) is 61.0 Å². The number of hydrogen-bond acceptors (Lipinski definition) is 5. The number of methoxy groups -OCH3 is 1. The van der Waals surface area contributed by atoms with Crippen LogP contribution < -0.4 is 4.74 Å². The fourth-order valence-corrected chi connectivity index (χ4v) is 2.39. The molecule has 21 heavy (non-hydrogen) atoms. The first kappa shape index (κ1) is 13.8. The van der Waals surface area contributed by atoms with Gasteiger partial charge in [-0.25, -0.2) is 4.98 Å². The second-order valence-corrected chi connectivity index (χ2v) is 5.38. The van der Waals surface area contributed by atoms with Crippen LogP contribution in [-0.2, 0) is 0 Å². The number of aryl methyl sites for hydroxylation is 1. The van der Waals surface area contributed by atoms with E-state index in [0.717, 1.165) is 27.0 Å². The van der Waals surface area contributed by atoms with Crippen molar-refractivity contribution in [2.45, 2.75) is 6.92 Å². The van der Waals surface area contributed by atoms with E-state index in [4.69, 9.17) is 9.26 Å². The number of aromatic nitrogens is 3. The Hall–Kier alpha value is -2.21. The monoisotopic (exact) mass is 345 g/mol. The fourth-order valence-electron chi connectivity index (χ4n) is 1.99. The Bertz CT molecular complexity index is 786. The van der Waals surface area contributed by atoms with E-state index in [1.807, 2.05) is 37.3 Å². The summed E-state index contributed by atoms with van der Waals surface area (Å²) in [5, 5.41) is 3.92. The molecule has 3 aromatic rings. The summed E-state index contributed by atoms with van der Waals surface area (Å²) in [7, 11) is 1.54. The Morgan fingerprint density at radius 1 is 1.24 bits per heavy atom. The van der Waals surface area contributed by atoms with E-state index in [1.54, 1.807) is 6.20 Å². The van der Waals surface area contributed by atoms with Crippen LogP contribution in [-0.4, -0.2) is 22.2 Å². The largest absolute Gasteiger partial charge is 0.467 e. The summed E-state index contributed by atoms with van der Waals surface area (Å²) in [6.07, 6.45) is 1.68. The van der Waals surface area contributed by atoms with Crippen molar-refractivity contribution < 1.29 is 9.26 Å². The average Bonchev–Trinajstić information content (AvgIpc) is 2.93. The highest BCUT2D eigenvalue weighted by Gasteiger charge is 2.15. The van der Waals surface area contributed by atoms with Gasteiger partial charge in [0, 0.05) is 22.3 Å². The van der Waals surface area contributed by atoms with Crippen LogP contribution in [0.25, 0.3) is 22.6 Å². The van der Waals surface area contributed by atoms with Gasteiger partial charge in [0.2, 0.25) is 0 Å². The quantitative estimate of drug-likeness (QED) is 0.720. The molecule has 6 heteroatoms. The zero-order valence-corrected chi connectivity index (χ0v) is 13.1. The van der Waals surface area contributed by atoms with Crippen molar-refractivity contribution in [2.75, 3.05) is 7.11 Å². The first-order valence-corrected chi connectivity index (χ1v) is 7.07. The van der Waals surface area contributed by atoms with Gasteiger partial charge in [0.25, 0.3) is 0 Å². The standard InChI is InChI=1S/C15H12BrN3O2/c1-9-6-13(21-19-9)12-8-17-15(20-2)18-14(12)10-4-3-5-11(16)7-10/h3-8H,1-2H3. The van der Waals surface area contributed by atoms with E-state index in [0.29, 0.717) is 11.8 Å². The summed E-state index contributed by atoms with van der Waals surface area (Å²) in [5.41, 5.74) is 3.25. The minimum atomic E-state index is 0.310. The normalized spacial score (nSPS) is 10.6. The first-order valence-electron chi connectivity index (χ1n) is 6.28. The van der Waals surface area contributed by atoms with Crippen molar-refractivity contribution in [2.24, 2.45) is 0 Å². The number of benzene rings is 1. The lowest BCUT2D eigenvalue weighted by molar-refractivity contribution is 0.380. The molecule has 0 saturated heterocycles.